The van der Waals surface area contributed by atoms with Crippen LogP contribution in [0.25, 0.3) is 0 Å². The summed E-state index contributed by atoms with van der Waals surface area (Å²) in [5, 5.41) is 5.49. The van der Waals surface area contributed by atoms with Crippen LogP contribution in [-0.2, 0) is 9.59 Å². The van der Waals surface area contributed by atoms with Gasteiger partial charge in [0.2, 0.25) is 12.3 Å². The third-order valence-corrected chi connectivity index (χ3v) is 5.40. The van der Waals surface area contributed by atoms with Crippen molar-refractivity contribution >= 4 is 17.8 Å². The second kappa shape index (κ2) is 5.72. The molecule has 0 aromatic heterocycles. The van der Waals surface area contributed by atoms with Crippen LogP contribution < -0.4 is 10.6 Å². The normalized spacial score (nSPS) is 38.2. The Kier molecular flexibility index (Phi) is 4.01. The number of carbonyl (C=O) groups excluding carboxylic acids is 3. The lowest BCUT2D eigenvalue weighted by Gasteiger charge is -2.37. The summed E-state index contributed by atoms with van der Waals surface area (Å²) in [5.41, 5.74) is -1.04. The Morgan fingerprint density at radius 2 is 1.83 bits per heavy atom. The number of nitrogens with one attached hydrogen (secondary N) is 2. The number of halogens is 2. The number of rotatable bonds is 2. The minimum Gasteiger partial charge on any atom is -0.352 e. The van der Waals surface area contributed by atoms with Gasteiger partial charge in [-0.05, 0) is 39.0 Å². The number of nitrogens with zero attached hydrogens (tertiary/aromatic N) is 1. The quantitative estimate of drug-likeness (QED) is 0.752. The van der Waals surface area contributed by atoms with E-state index in [1.165, 1.54) is 4.90 Å². The molecule has 3 aliphatic rings. The Balaban J connectivity index is 1.74. The van der Waals surface area contributed by atoms with Gasteiger partial charge >= 0.3 is 6.03 Å². The van der Waals surface area contributed by atoms with Crippen LogP contribution in [0.4, 0.5) is 13.6 Å². The molecule has 1 aliphatic carbocycles. The molecule has 1 saturated carbocycles. The Morgan fingerprint density at radius 3 is 2.39 bits per heavy atom. The van der Waals surface area contributed by atoms with Crippen molar-refractivity contribution in [2.24, 2.45) is 5.92 Å². The van der Waals surface area contributed by atoms with Crippen LogP contribution in [0.1, 0.15) is 45.4 Å². The van der Waals surface area contributed by atoms with Crippen LogP contribution in [-0.4, -0.2) is 46.8 Å². The van der Waals surface area contributed by atoms with E-state index in [1.807, 2.05) is 0 Å². The summed E-state index contributed by atoms with van der Waals surface area (Å²) >= 11 is 0. The molecular formula is C15H21F2N3O3. The molecule has 4 amide bonds. The Bertz CT molecular complexity index is 532. The summed E-state index contributed by atoms with van der Waals surface area (Å²) in [6.07, 6.45) is -0.728. The van der Waals surface area contributed by atoms with Gasteiger partial charge in [0.05, 0.1) is 6.04 Å². The van der Waals surface area contributed by atoms with E-state index in [2.05, 4.69) is 10.6 Å². The van der Waals surface area contributed by atoms with Crippen LogP contribution in [0.2, 0.25) is 0 Å². The largest absolute Gasteiger partial charge is 0.352 e. The van der Waals surface area contributed by atoms with Crippen molar-refractivity contribution in [1.29, 1.82) is 0 Å². The van der Waals surface area contributed by atoms with E-state index in [1.54, 1.807) is 6.92 Å². The first-order chi connectivity index (χ1) is 10.8. The Morgan fingerprint density at radius 1 is 1.17 bits per heavy atom. The van der Waals surface area contributed by atoms with Crippen molar-refractivity contribution in [1.82, 2.24) is 15.5 Å². The number of amides is 4. The van der Waals surface area contributed by atoms with E-state index in [0.29, 0.717) is 6.42 Å². The van der Waals surface area contributed by atoms with E-state index >= 15 is 0 Å². The molecule has 3 fully saturated rings. The fraction of sp³-hybridized carbons (Fsp3) is 0.800. The zero-order valence-electron chi connectivity index (χ0n) is 13.0. The van der Waals surface area contributed by atoms with Gasteiger partial charge in [-0.2, -0.15) is 0 Å². The standard InChI is InChI=1S/C15H21F2N3O3/c1-8-10(2-3-11(21)18-8)20-13(22)15(19-14(20)23)6-4-9(5-7-15)12(16)17/h8-10,12H,2-7H2,1H3,(H,18,21)(H,19,23). The number of alkyl halides is 2. The van der Waals surface area contributed by atoms with Crippen molar-refractivity contribution in [3.63, 3.8) is 0 Å². The maximum Gasteiger partial charge on any atom is 0.325 e. The molecule has 2 saturated heterocycles. The Hall–Kier alpha value is -1.73. The molecule has 23 heavy (non-hydrogen) atoms. The monoisotopic (exact) mass is 329 g/mol. The lowest BCUT2D eigenvalue weighted by Crippen LogP contribution is -2.57. The van der Waals surface area contributed by atoms with E-state index in [0.717, 1.165) is 0 Å². The summed E-state index contributed by atoms with van der Waals surface area (Å²) in [4.78, 5) is 37.8. The highest BCUT2D eigenvalue weighted by atomic mass is 19.3. The van der Waals surface area contributed by atoms with Crippen molar-refractivity contribution in [3.05, 3.63) is 0 Å². The van der Waals surface area contributed by atoms with Crippen LogP contribution in [0, 0.1) is 5.92 Å². The smallest absolute Gasteiger partial charge is 0.325 e. The molecule has 2 aliphatic heterocycles. The second-order valence-electron chi connectivity index (χ2n) is 6.82. The molecular weight excluding hydrogens is 308 g/mol. The van der Waals surface area contributed by atoms with Gasteiger partial charge in [0, 0.05) is 18.4 Å². The summed E-state index contributed by atoms with van der Waals surface area (Å²) in [7, 11) is 0. The van der Waals surface area contributed by atoms with Crippen LogP contribution in [0.3, 0.4) is 0 Å². The fourth-order valence-corrected chi connectivity index (χ4v) is 3.97. The van der Waals surface area contributed by atoms with Crippen LogP contribution in [0.5, 0.6) is 0 Å². The third kappa shape index (κ3) is 2.68. The van der Waals surface area contributed by atoms with Gasteiger partial charge in [-0.25, -0.2) is 13.6 Å². The minimum absolute atomic E-state index is 0.0899. The number of imide groups is 1. The predicted octanol–water partition coefficient (Wildman–Crippen LogP) is 1.40. The van der Waals surface area contributed by atoms with Crippen molar-refractivity contribution in [3.8, 4) is 0 Å². The lowest BCUT2D eigenvalue weighted by atomic mass is 9.76. The molecule has 0 aromatic rings. The van der Waals surface area contributed by atoms with Gasteiger partial charge < -0.3 is 10.6 Å². The summed E-state index contributed by atoms with van der Waals surface area (Å²) in [5.74, 6) is -1.12. The second-order valence-corrected chi connectivity index (χ2v) is 6.82. The highest BCUT2D eigenvalue weighted by molar-refractivity contribution is 6.07. The molecule has 2 unspecified atom stereocenters. The first-order valence-corrected chi connectivity index (χ1v) is 8.07. The molecule has 2 atom stereocenters. The number of hydrogen-bond donors (Lipinski definition) is 2. The maximum absolute atomic E-state index is 12.8. The van der Waals surface area contributed by atoms with Gasteiger partial charge in [-0.15, -0.1) is 0 Å². The van der Waals surface area contributed by atoms with Gasteiger partial charge in [0.15, 0.2) is 0 Å². The van der Waals surface area contributed by atoms with Gasteiger partial charge in [-0.3, -0.25) is 14.5 Å². The predicted molar refractivity (Wildman–Crippen MR) is 76.7 cm³/mol. The van der Waals surface area contributed by atoms with Gasteiger partial charge in [0.25, 0.3) is 5.91 Å². The first-order valence-electron chi connectivity index (χ1n) is 8.07. The summed E-state index contributed by atoms with van der Waals surface area (Å²) in [6, 6.07) is -1.16. The zero-order chi connectivity index (χ0) is 16.8. The van der Waals surface area contributed by atoms with E-state index in [-0.39, 0.29) is 56.0 Å². The summed E-state index contributed by atoms with van der Waals surface area (Å²) < 4.78 is 25.6. The molecule has 3 rings (SSSR count). The SMILES string of the molecule is CC1NC(=O)CCC1N1C(=O)NC2(CCC(C(F)F)CC2)C1=O. The average Bonchev–Trinajstić information content (AvgIpc) is 2.71. The summed E-state index contributed by atoms with van der Waals surface area (Å²) in [6.45, 7) is 1.76. The maximum atomic E-state index is 12.8. The van der Waals surface area contributed by atoms with Crippen molar-refractivity contribution in [2.75, 3.05) is 0 Å². The topological polar surface area (TPSA) is 78.5 Å². The molecule has 1 spiro atoms. The van der Waals surface area contributed by atoms with Crippen LogP contribution in [0.15, 0.2) is 0 Å². The first kappa shape index (κ1) is 16.1. The molecule has 128 valence electrons. The zero-order valence-corrected chi connectivity index (χ0v) is 13.0. The van der Waals surface area contributed by atoms with Gasteiger partial charge in [0.1, 0.15) is 5.54 Å². The third-order valence-electron chi connectivity index (χ3n) is 5.40. The van der Waals surface area contributed by atoms with Crippen LogP contribution >= 0.6 is 0 Å². The number of urea groups is 1. The molecule has 0 radical (unpaired) electrons. The van der Waals surface area contributed by atoms with E-state index in [4.69, 9.17) is 0 Å². The van der Waals surface area contributed by atoms with Gasteiger partial charge in [-0.1, -0.05) is 0 Å². The molecule has 2 N–H and O–H groups in total. The fourth-order valence-electron chi connectivity index (χ4n) is 3.97. The molecule has 2 heterocycles. The number of hydrogen-bond acceptors (Lipinski definition) is 3. The van der Waals surface area contributed by atoms with E-state index in [9.17, 15) is 23.2 Å². The van der Waals surface area contributed by atoms with Crippen molar-refractivity contribution in [2.45, 2.75) is 69.5 Å². The minimum atomic E-state index is -2.38. The molecule has 8 heteroatoms. The Labute approximate surface area is 133 Å². The molecule has 6 nitrogen and oxygen atoms in total. The highest BCUT2D eigenvalue weighted by Crippen LogP contribution is 2.39. The number of piperidine rings is 1. The number of carbonyl (C=O) groups is 3. The lowest BCUT2D eigenvalue weighted by molar-refractivity contribution is -0.137. The highest BCUT2D eigenvalue weighted by Gasteiger charge is 2.55. The molecule has 0 aromatic carbocycles. The van der Waals surface area contributed by atoms with E-state index < -0.39 is 23.9 Å². The average molecular weight is 329 g/mol. The van der Waals surface area contributed by atoms with Crippen molar-refractivity contribution < 1.29 is 23.2 Å². The molecule has 0 bridgehead atoms.